The van der Waals surface area contributed by atoms with Gasteiger partial charge in [0.15, 0.2) is 0 Å². The van der Waals surface area contributed by atoms with Gasteiger partial charge in [0.2, 0.25) is 0 Å². The Morgan fingerprint density at radius 1 is 1.38 bits per heavy atom. The second kappa shape index (κ2) is 7.04. The maximum atomic E-state index is 12.1. The van der Waals surface area contributed by atoms with Gasteiger partial charge in [-0.2, -0.15) is 0 Å². The molecule has 3 heteroatoms. The number of benzene rings is 1. The molecular weight excluding hydrogens is 262 g/mol. The topological polar surface area (TPSA) is 29.5 Å². The van der Waals surface area contributed by atoms with Crippen molar-refractivity contribution in [3.8, 4) is 0 Å². The molecule has 3 nitrogen and oxygen atoms in total. The number of carbonyl (C=O) groups is 1. The number of β-lactam (4-membered cyclic amide) rings is 1. The monoisotopic (exact) mass is 283 g/mol. The van der Waals surface area contributed by atoms with Gasteiger partial charge in [-0.15, -0.1) is 0 Å². The molecule has 1 amide bonds. The van der Waals surface area contributed by atoms with Gasteiger partial charge in [-0.1, -0.05) is 67.3 Å². The van der Waals surface area contributed by atoms with Crippen LogP contribution in [-0.4, -0.2) is 17.0 Å². The Morgan fingerprint density at radius 2 is 2.10 bits per heavy atom. The molecule has 1 aliphatic heterocycles. The summed E-state index contributed by atoms with van der Waals surface area (Å²) >= 11 is 0. The fourth-order valence-electron chi connectivity index (χ4n) is 2.36. The van der Waals surface area contributed by atoms with Crippen LogP contribution < -0.4 is 0 Å². The van der Waals surface area contributed by atoms with Crippen LogP contribution >= 0.6 is 0 Å². The Balaban J connectivity index is 1.83. The predicted molar refractivity (Wildman–Crippen MR) is 84.1 cm³/mol. The molecule has 21 heavy (non-hydrogen) atoms. The third-order valence-corrected chi connectivity index (χ3v) is 3.65. The summed E-state index contributed by atoms with van der Waals surface area (Å²) in [5.74, 6) is -0.00526. The molecule has 0 bridgehead atoms. The van der Waals surface area contributed by atoms with Crippen LogP contribution in [0.1, 0.15) is 18.9 Å². The molecule has 0 saturated carbocycles. The number of rotatable bonds is 7. The van der Waals surface area contributed by atoms with E-state index >= 15 is 0 Å². The molecule has 0 radical (unpaired) electrons. The lowest BCUT2D eigenvalue weighted by atomic mass is 9.85. The fourth-order valence-corrected chi connectivity index (χ4v) is 2.36. The van der Waals surface area contributed by atoms with Crippen LogP contribution in [0.2, 0.25) is 0 Å². The number of nitrogens with zero attached hydrogens (tertiary/aromatic N) is 1. The van der Waals surface area contributed by atoms with Crippen molar-refractivity contribution in [2.45, 2.75) is 26.0 Å². The summed E-state index contributed by atoms with van der Waals surface area (Å²) < 4.78 is 0. The normalized spacial score (nSPS) is 21.4. The number of hydrogen-bond acceptors (Lipinski definition) is 2. The minimum Gasteiger partial charge on any atom is -0.272 e. The fraction of sp³-hybridized carbons (Fsp3) is 0.278. The highest BCUT2D eigenvalue weighted by molar-refractivity contribution is 5.85. The van der Waals surface area contributed by atoms with Crippen molar-refractivity contribution >= 4 is 5.91 Å². The molecule has 0 aliphatic carbocycles. The summed E-state index contributed by atoms with van der Waals surface area (Å²) in [6, 6.07) is 9.91. The number of amides is 1. The average molecular weight is 283 g/mol. The van der Waals surface area contributed by atoms with Gasteiger partial charge < -0.3 is 0 Å². The van der Waals surface area contributed by atoms with Crippen LogP contribution in [0, 0.1) is 5.92 Å². The zero-order chi connectivity index (χ0) is 15.2. The third kappa shape index (κ3) is 3.70. The lowest BCUT2D eigenvalue weighted by Crippen LogP contribution is -2.58. The van der Waals surface area contributed by atoms with E-state index in [-0.39, 0.29) is 17.9 Å². The van der Waals surface area contributed by atoms with Gasteiger partial charge in [-0.25, -0.2) is 5.06 Å². The van der Waals surface area contributed by atoms with Crippen molar-refractivity contribution in [1.82, 2.24) is 5.06 Å². The first kappa shape index (κ1) is 15.3. The highest BCUT2D eigenvalue weighted by Gasteiger charge is 2.45. The molecule has 1 aliphatic rings. The molecule has 2 rings (SSSR count). The van der Waals surface area contributed by atoms with Crippen molar-refractivity contribution in [2.75, 3.05) is 0 Å². The van der Waals surface area contributed by atoms with Crippen LogP contribution in [0.4, 0.5) is 0 Å². The Bertz CT molecular complexity index is 548. The van der Waals surface area contributed by atoms with Gasteiger partial charge in [-0.05, 0) is 18.9 Å². The second-order valence-electron chi connectivity index (χ2n) is 5.23. The van der Waals surface area contributed by atoms with Crippen LogP contribution in [0.3, 0.4) is 0 Å². The summed E-state index contributed by atoms with van der Waals surface area (Å²) in [5.41, 5.74) is 1.99. The van der Waals surface area contributed by atoms with E-state index in [4.69, 9.17) is 4.84 Å². The molecule has 1 heterocycles. The number of hydrogen-bond donors (Lipinski definition) is 0. The van der Waals surface area contributed by atoms with Crippen LogP contribution in [-0.2, 0) is 16.2 Å². The molecule has 110 valence electrons. The molecular formula is C18H21NO2. The van der Waals surface area contributed by atoms with Gasteiger partial charge in [0.05, 0.1) is 12.0 Å². The second-order valence-corrected chi connectivity index (χ2v) is 5.23. The first-order valence-corrected chi connectivity index (χ1v) is 7.10. The smallest absolute Gasteiger partial charge is 0.252 e. The summed E-state index contributed by atoms with van der Waals surface area (Å²) in [5, 5.41) is 1.47. The summed E-state index contributed by atoms with van der Waals surface area (Å²) in [4.78, 5) is 17.7. The molecule has 0 unspecified atom stereocenters. The van der Waals surface area contributed by atoms with Crippen molar-refractivity contribution in [1.29, 1.82) is 0 Å². The maximum Gasteiger partial charge on any atom is 0.252 e. The molecule has 0 spiro atoms. The summed E-state index contributed by atoms with van der Waals surface area (Å²) in [6.45, 7) is 9.99. The van der Waals surface area contributed by atoms with Gasteiger partial charge in [-0.3, -0.25) is 9.63 Å². The molecule has 1 fully saturated rings. The van der Waals surface area contributed by atoms with Crippen molar-refractivity contribution in [2.24, 2.45) is 5.92 Å². The van der Waals surface area contributed by atoms with E-state index in [1.807, 2.05) is 49.4 Å². The van der Waals surface area contributed by atoms with Crippen LogP contribution in [0.5, 0.6) is 0 Å². The minimum atomic E-state index is -0.0391. The van der Waals surface area contributed by atoms with Gasteiger partial charge in [0.1, 0.15) is 6.61 Å². The van der Waals surface area contributed by atoms with Crippen molar-refractivity contribution in [3.05, 3.63) is 72.9 Å². The third-order valence-electron chi connectivity index (χ3n) is 3.65. The SMILES string of the molecule is C=C/C=C\C(=C)C[C@@H]1C(=O)N(OCc2ccccc2)[C@H]1C. The van der Waals surface area contributed by atoms with E-state index in [0.717, 1.165) is 11.1 Å². The van der Waals surface area contributed by atoms with Gasteiger partial charge in [0.25, 0.3) is 5.91 Å². The largest absolute Gasteiger partial charge is 0.272 e. The number of allylic oxidation sites excluding steroid dienone is 4. The zero-order valence-electron chi connectivity index (χ0n) is 12.4. The Hall–Kier alpha value is -2.13. The van der Waals surface area contributed by atoms with E-state index in [0.29, 0.717) is 13.0 Å². The molecule has 0 N–H and O–H groups in total. The minimum absolute atomic E-state index is 0.0339. The molecule has 0 aromatic heterocycles. The van der Waals surface area contributed by atoms with E-state index in [1.54, 1.807) is 6.08 Å². The van der Waals surface area contributed by atoms with Crippen LogP contribution in [0.15, 0.2) is 67.3 Å². The summed E-state index contributed by atoms with van der Waals surface area (Å²) in [7, 11) is 0. The quantitative estimate of drug-likeness (QED) is 0.564. The molecule has 1 saturated heterocycles. The highest BCUT2D eigenvalue weighted by atomic mass is 16.7. The van der Waals surface area contributed by atoms with Gasteiger partial charge >= 0.3 is 0 Å². The maximum absolute atomic E-state index is 12.1. The first-order valence-electron chi connectivity index (χ1n) is 7.10. The van der Waals surface area contributed by atoms with Gasteiger partial charge in [0, 0.05) is 0 Å². The van der Waals surface area contributed by atoms with E-state index in [9.17, 15) is 4.79 Å². The van der Waals surface area contributed by atoms with E-state index < -0.39 is 0 Å². The zero-order valence-corrected chi connectivity index (χ0v) is 12.4. The van der Waals surface area contributed by atoms with Crippen LogP contribution in [0.25, 0.3) is 0 Å². The van der Waals surface area contributed by atoms with E-state index in [2.05, 4.69) is 13.2 Å². The molecule has 1 aromatic carbocycles. The van der Waals surface area contributed by atoms with Crippen molar-refractivity contribution in [3.63, 3.8) is 0 Å². The average Bonchev–Trinajstić information content (AvgIpc) is 2.51. The lowest BCUT2D eigenvalue weighted by molar-refractivity contribution is -0.245. The van der Waals surface area contributed by atoms with E-state index in [1.165, 1.54) is 5.06 Å². The number of hydroxylamine groups is 2. The Labute approximate surface area is 126 Å². The molecule has 2 atom stereocenters. The Kier molecular flexibility index (Phi) is 5.12. The highest BCUT2D eigenvalue weighted by Crippen LogP contribution is 2.32. The Morgan fingerprint density at radius 3 is 2.71 bits per heavy atom. The number of carbonyl (C=O) groups excluding carboxylic acids is 1. The lowest BCUT2D eigenvalue weighted by Gasteiger charge is -2.44. The summed E-state index contributed by atoms with van der Waals surface area (Å²) in [6.07, 6.45) is 6.09. The first-order chi connectivity index (χ1) is 10.1. The molecule has 1 aromatic rings. The van der Waals surface area contributed by atoms with Crippen molar-refractivity contribution < 1.29 is 9.63 Å². The standard InChI is InChI=1S/C18H21NO2/c1-4-5-9-14(2)12-17-15(3)19(18(17)20)21-13-16-10-7-6-8-11-16/h4-11,15,17H,1-2,12-13H2,3H3/b9-5-/t15-,17-/m0/s1. The predicted octanol–water partition coefficient (Wildman–Crippen LogP) is 3.65.